The van der Waals surface area contributed by atoms with Crippen molar-refractivity contribution >= 4 is 32.4 Å². The molecule has 10 heteroatoms. The third-order valence-electron chi connectivity index (χ3n) is 4.39. The lowest BCUT2D eigenvalue weighted by Gasteiger charge is -2.16. The maximum absolute atomic E-state index is 12.8. The number of amides is 1. The minimum Gasteiger partial charge on any atom is -0.497 e. The van der Waals surface area contributed by atoms with Crippen molar-refractivity contribution in [2.24, 2.45) is 0 Å². The third kappa shape index (κ3) is 5.21. The largest absolute Gasteiger partial charge is 0.497 e. The Morgan fingerprint density at radius 3 is 2.37 bits per heavy atom. The smallest absolute Gasteiger partial charge is 0.270 e. The first-order chi connectivity index (χ1) is 14.3. The Kier molecular flexibility index (Phi) is 6.80. The number of nitrogens with one attached hydrogen (secondary N) is 2. The number of ether oxygens (including phenoxy) is 1. The number of hydrogen-bond donors (Lipinski definition) is 2. The van der Waals surface area contributed by atoms with Gasteiger partial charge in [0, 0.05) is 11.6 Å². The number of carbonyl (C=O) groups is 1. The molecular formula is C20H22N4O4S2. The van der Waals surface area contributed by atoms with E-state index in [4.69, 9.17) is 4.74 Å². The molecule has 3 aromatic rings. The van der Waals surface area contributed by atoms with Crippen LogP contribution in [-0.4, -0.2) is 31.6 Å². The zero-order valence-electron chi connectivity index (χ0n) is 16.7. The molecule has 3 rings (SSSR count). The second-order valence-corrected chi connectivity index (χ2v) is 9.41. The fourth-order valence-corrected chi connectivity index (χ4v) is 4.92. The van der Waals surface area contributed by atoms with Crippen LogP contribution in [0.2, 0.25) is 0 Å². The lowest BCUT2D eigenvalue weighted by atomic mass is 10.1. The minimum absolute atomic E-state index is 0.110. The van der Waals surface area contributed by atoms with E-state index in [1.807, 2.05) is 38.1 Å². The summed E-state index contributed by atoms with van der Waals surface area (Å²) in [7, 11) is -2.34. The Hall–Kier alpha value is -2.82. The normalized spacial score (nSPS) is 12.4. The molecule has 0 saturated carbocycles. The summed E-state index contributed by atoms with van der Waals surface area (Å²) in [5, 5.41) is 10.2. The van der Waals surface area contributed by atoms with Crippen molar-refractivity contribution in [1.29, 1.82) is 0 Å². The van der Waals surface area contributed by atoms with Crippen molar-refractivity contribution in [1.82, 2.24) is 14.9 Å². The highest BCUT2D eigenvalue weighted by Crippen LogP contribution is 2.25. The first kappa shape index (κ1) is 21.9. The lowest BCUT2D eigenvalue weighted by Crippen LogP contribution is -2.28. The van der Waals surface area contributed by atoms with E-state index in [2.05, 4.69) is 20.2 Å². The molecule has 1 heterocycles. The molecule has 1 aromatic heterocycles. The van der Waals surface area contributed by atoms with E-state index in [0.717, 1.165) is 22.5 Å². The van der Waals surface area contributed by atoms with Crippen LogP contribution in [0.25, 0.3) is 0 Å². The Morgan fingerprint density at radius 2 is 1.77 bits per heavy atom. The zero-order chi connectivity index (χ0) is 21.7. The van der Waals surface area contributed by atoms with Gasteiger partial charge in [-0.25, -0.2) is 13.1 Å². The molecular weight excluding hydrogens is 424 g/mol. The number of methoxy groups -OCH3 is 1. The molecule has 2 N–H and O–H groups in total. The van der Waals surface area contributed by atoms with Gasteiger partial charge in [0.1, 0.15) is 5.75 Å². The monoisotopic (exact) mass is 446 g/mol. The SMILES string of the molecule is CC[C@H](NS(=O)(=O)c1nnc(NC(=O)c2ccc(C)cc2)s1)c1ccc(OC)cc1. The van der Waals surface area contributed by atoms with E-state index >= 15 is 0 Å². The predicted octanol–water partition coefficient (Wildman–Crippen LogP) is 3.54. The van der Waals surface area contributed by atoms with E-state index < -0.39 is 16.1 Å². The van der Waals surface area contributed by atoms with Crippen LogP contribution in [0.4, 0.5) is 5.13 Å². The molecule has 0 saturated heterocycles. The summed E-state index contributed by atoms with van der Waals surface area (Å²) in [4.78, 5) is 12.3. The van der Waals surface area contributed by atoms with Crippen molar-refractivity contribution in [3.63, 3.8) is 0 Å². The Bertz CT molecular complexity index is 1110. The third-order valence-corrected chi connectivity index (χ3v) is 7.07. The minimum atomic E-state index is -3.91. The summed E-state index contributed by atoms with van der Waals surface area (Å²) in [6.45, 7) is 3.80. The molecule has 8 nitrogen and oxygen atoms in total. The zero-order valence-corrected chi connectivity index (χ0v) is 18.4. The molecule has 0 unspecified atom stereocenters. The molecule has 2 aromatic carbocycles. The van der Waals surface area contributed by atoms with Crippen LogP contribution in [-0.2, 0) is 10.0 Å². The summed E-state index contributed by atoms with van der Waals surface area (Å²) in [5.74, 6) is 0.308. The standard InChI is InChI=1S/C20H22N4O4S2/c1-4-17(14-9-11-16(28-3)12-10-14)24-30(26,27)20-23-22-19(29-20)21-18(25)15-7-5-13(2)6-8-15/h5-12,17,24H,4H2,1-3H3,(H,21,22,25)/t17-/m0/s1. The molecule has 1 atom stereocenters. The van der Waals surface area contributed by atoms with Crippen molar-refractivity contribution in [3.05, 3.63) is 65.2 Å². The number of rotatable bonds is 8. The quantitative estimate of drug-likeness (QED) is 0.512. The number of nitrogens with zero attached hydrogens (tertiary/aromatic N) is 2. The van der Waals surface area contributed by atoms with E-state index in [1.165, 1.54) is 0 Å². The molecule has 0 spiro atoms. The highest BCUT2D eigenvalue weighted by Gasteiger charge is 2.25. The number of hydrogen-bond acceptors (Lipinski definition) is 7. The molecule has 30 heavy (non-hydrogen) atoms. The maximum Gasteiger partial charge on any atom is 0.270 e. The van der Waals surface area contributed by atoms with Gasteiger partial charge in [-0.2, -0.15) is 0 Å². The Balaban J connectivity index is 1.72. The van der Waals surface area contributed by atoms with Crippen LogP contribution >= 0.6 is 11.3 Å². The van der Waals surface area contributed by atoms with Crippen molar-refractivity contribution in [2.75, 3.05) is 12.4 Å². The first-order valence-corrected chi connectivity index (χ1v) is 11.5. The number of sulfonamides is 1. The molecule has 1 amide bonds. The molecule has 0 bridgehead atoms. The summed E-state index contributed by atoms with van der Waals surface area (Å²) < 4.78 is 33.1. The average molecular weight is 447 g/mol. The lowest BCUT2D eigenvalue weighted by molar-refractivity contribution is 0.102. The summed E-state index contributed by atoms with van der Waals surface area (Å²) in [6.07, 6.45) is 0.543. The van der Waals surface area contributed by atoms with Crippen molar-refractivity contribution in [2.45, 2.75) is 30.6 Å². The first-order valence-electron chi connectivity index (χ1n) is 9.20. The van der Waals surface area contributed by atoms with Crippen LogP contribution in [0, 0.1) is 6.92 Å². The number of carbonyl (C=O) groups excluding carboxylic acids is 1. The van der Waals surface area contributed by atoms with Gasteiger partial charge in [-0.3, -0.25) is 10.1 Å². The maximum atomic E-state index is 12.8. The van der Waals surface area contributed by atoms with Gasteiger partial charge in [-0.15, -0.1) is 10.2 Å². The Morgan fingerprint density at radius 1 is 1.10 bits per heavy atom. The van der Waals surface area contributed by atoms with Gasteiger partial charge in [0.05, 0.1) is 7.11 Å². The molecule has 0 aliphatic rings. The van der Waals surface area contributed by atoms with Gasteiger partial charge in [0.25, 0.3) is 15.9 Å². The van der Waals surface area contributed by atoms with Crippen LogP contribution in [0.5, 0.6) is 5.75 Å². The highest BCUT2D eigenvalue weighted by atomic mass is 32.2. The van der Waals surface area contributed by atoms with E-state index in [9.17, 15) is 13.2 Å². The van der Waals surface area contributed by atoms with Crippen molar-refractivity contribution in [3.8, 4) is 5.75 Å². The van der Waals surface area contributed by atoms with Crippen LogP contribution in [0.3, 0.4) is 0 Å². The van der Waals surface area contributed by atoms with E-state index in [0.29, 0.717) is 17.7 Å². The molecule has 0 fully saturated rings. The number of aromatic nitrogens is 2. The fourth-order valence-electron chi connectivity index (χ4n) is 2.70. The molecule has 0 radical (unpaired) electrons. The van der Waals surface area contributed by atoms with Crippen LogP contribution in [0.1, 0.15) is 40.9 Å². The van der Waals surface area contributed by atoms with Gasteiger partial charge < -0.3 is 4.74 Å². The van der Waals surface area contributed by atoms with E-state index in [-0.39, 0.29) is 15.4 Å². The fraction of sp³-hybridized carbons (Fsp3) is 0.250. The van der Waals surface area contributed by atoms with Crippen molar-refractivity contribution < 1.29 is 17.9 Å². The number of benzene rings is 2. The summed E-state index contributed by atoms with van der Waals surface area (Å²) in [6, 6.07) is 13.7. The average Bonchev–Trinajstić information content (AvgIpc) is 3.22. The molecule has 0 aliphatic carbocycles. The predicted molar refractivity (Wildman–Crippen MR) is 115 cm³/mol. The summed E-state index contributed by atoms with van der Waals surface area (Å²) >= 11 is 0.795. The Labute approximate surface area is 179 Å². The number of anilines is 1. The van der Waals surface area contributed by atoms with Gasteiger partial charge in [-0.1, -0.05) is 48.1 Å². The van der Waals surface area contributed by atoms with Gasteiger partial charge in [-0.05, 0) is 43.2 Å². The van der Waals surface area contributed by atoms with Gasteiger partial charge >= 0.3 is 0 Å². The molecule has 0 aliphatic heterocycles. The highest BCUT2D eigenvalue weighted by molar-refractivity contribution is 7.91. The van der Waals surface area contributed by atoms with Crippen LogP contribution in [0.15, 0.2) is 52.9 Å². The summed E-state index contributed by atoms with van der Waals surface area (Å²) in [5.41, 5.74) is 2.28. The second kappa shape index (κ2) is 9.33. The number of aryl methyl sites for hydroxylation is 1. The van der Waals surface area contributed by atoms with E-state index in [1.54, 1.807) is 31.4 Å². The van der Waals surface area contributed by atoms with Gasteiger partial charge in [0.2, 0.25) is 9.47 Å². The second-order valence-electron chi connectivity index (χ2n) is 6.55. The van der Waals surface area contributed by atoms with Crippen LogP contribution < -0.4 is 14.8 Å². The topological polar surface area (TPSA) is 110 Å². The molecule has 158 valence electrons. The van der Waals surface area contributed by atoms with Gasteiger partial charge in [0.15, 0.2) is 0 Å².